The van der Waals surface area contributed by atoms with E-state index in [4.69, 9.17) is 25.8 Å². The summed E-state index contributed by atoms with van der Waals surface area (Å²) in [6.45, 7) is 6.09. The van der Waals surface area contributed by atoms with Crippen LogP contribution in [0.1, 0.15) is 19.4 Å². The average Bonchev–Trinajstić information content (AvgIpc) is 2.37. The Kier molecular flexibility index (Phi) is 6.99. The maximum atomic E-state index is 6.24. The number of hydrogen-bond donors (Lipinski definition) is 1. The minimum atomic E-state index is 0.0528. The lowest BCUT2D eigenvalue weighted by molar-refractivity contribution is 0.199. The molecule has 0 aliphatic carbocycles. The lowest BCUT2D eigenvalue weighted by Gasteiger charge is -2.16. The molecular formula is C14H22ClNO3. The van der Waals surface area contributed by atoms with Crippen LogP contribution in [0.25, 0.3) is 0 Å². The van der Waals surface area contributed by atoms with Gasteiger partial charge in [0.25, 0.3) is 0 Å². The topological polar surface area (TPSA) is 39.7 Å². The van der Waals surface area contributed by atoms with E-state index in [1.54, 1.807) is 14.2 Å². The summed E-state index contributed by atoms with van der Waals surface area (Å²) in [5, 5.41) is 3.83. The van der Waals surface area contributed by atoms with E-state index in [9.17, 15) is 0 Å². The SMILES string of the molecule is COCCNCc1cc(Cl)c(OC(C)C)c(OC)c1. The van der Waals surface area contributed by atoms with Gasteiger partial charge in [0.2, 0.25) is 0 Å². The summed E-state index contributed by atoms with van der Waals surface area (Å²) in [4.78, 5) is 0. The lowest BCUT2D eigenvalue weighted by Crippen LogP contribution is -2.18. The summed E-state index contributed by atoms with van der Waals surface area (Å²) in [7, 11) is 3.29. The summed E-state index contributed by atoms with van der Waals surface area (Å²) in [5.41, 5.74) is 1.05. The molecule has 0 spiro atoms. The van der Waals surface area contributed by atoms with Crippen LogP contribution in [0.15, 0.2) is 12.1 Å². The smallest absolute Gasteiger partial charge is 0.180 e. The second kappa shape index (κ2) is 8.25. The molecule has 0 radical (unpaired) electrons. The standard InChI is InChI=1S/C14H22ClNO3/c1-10(2)19-14-12(15)7-11(8-13(14)18-4)9-16-5-6-17-3/h7-8,10,16H,5-6,9H2,1-4H3. The first-order valence-electron chi connectivity index (χ1n) is 6.31. The normalized spacial score (nSPS) is 10.8. The van der Waals surface area contributed by atoms with Crippen LogP contribution in [0.3, 0.4) is 0 Å². The first kappa shape index (κ1) is 16.1. The molecule has 19 heavy (non-hydrogen) atoms. The highest BCUT2D eigenvalue weighted by atomic mass is 35.5. The molecule has 0 aromatic heterocycles. The predicted molar refractivity (Wildman–Crippen MR) is 77.4 cm³/mol. The number of rotatable bonds is 8. The molecule has 1 rings (SSSR count). The van der Waals surface area contributed by atoms with Crippen LogP contribution in [-0.4, -0.2) is 33.5 Å². The zero-order chi connectivity index (χ0) is 14.3. The van der Waals surface area contributed by atoms with Crippen molar-refractivity contribution in [1.29, 1.82) is 0 Å². The van der Waals surface area contributed by atoms with Gasteiger partial charge in [0.05, 0.1) is 24.8 Å². The van der Waals surface area contributed by atoms with Crippen molar-refractivity contribution in [3.05, 3.63) is 22.7 Å². The maximum Gasteiger partial charge on any atom is 0.180 e. The monoisotopic (exact) mass is 287 g/mol. The number of benzene rings is 1. The molecule has 0 fully saturated rings. The van der Waals surface area contributed by atoms with Crippen molar-refractivity contribution in [2.75, 3.05) is 27.4 Å². The predicted octanol–water partition coefficient (Wildman–Crippen LogP) is 2.87. The van der Waals surface area contributed by atoms with Crippen LogP contribution in [0.2, 0.25) is 5.02 Å². The van der Waals surface area contributed by atoms with Gasteiger partial charge >= 0.3 is 0 Å². The molecule has 1 N–H and O–H groups in total. The van der Waals surface area contributed by atoms with E-state index in [1.807, 2.05) is 26.0 Å². The molecule has 0 aliphatic rings. The van der Waals surface area contributed by atoms with Gasteiger partial charge in [0.15, 0.2) is 11.5 Å². The van der Waals surface area contributed by atoms with Crippen LogP contribution in [0.5, 0.6) is 11.5 Å². The van der Waals surface area contributed by atoms with E-state index in [0.717, 1.165) is 12.1 Å². The van der Waals surface area contributed by atoms with Crippen molar-refractivity contribution in [2.45, 2.75) is 26.5 Å². The molecule has 4 nitrogen and oxygen atoms in total. The minimum absolute atomic E-state index is 0.0528. The first-order chi connectivity index (χ1) is 9.08. The van der Waals surface area contributed by atoms with E-state index in [0.29, 0.717) is 29.7 Å². The molecule has 0 amide bonds. The number of halogens is 1. The Bertz CT molecular complexity index is 397. The van der Waals surface area contributed by atoms with Crippen molar-refractivity contribution >= 4 is 11.6 Å². The first-order valence-corrected chi connectivity index (χ1v) is 6.69. The fraction of sp³-hybridized carbons (Fsp3) is 0.571. The van der Waals surface area contributed by atoms with Crippen LogP contribution < -0.4 is 14.8 Å². The lowest BCUT2D eigenvalue weighted by atomic mass is 10.2. The Balaban J connectivity index is 2.77. The fourth-order valence-electron chi connectivity index (χ4n) is 1.63. The van der Waals surface area contributed by atoms with E-state index in [2.05, 4.69) is 5.32 Å². The van der Waals surface area contributed by atoms with E-state index >= 15 is 0 Å². The number of hydrogen-bond acceptors (Lipinski definition) is 4. The van der Waals surface area contributed by atoms with Crippen molar-refractivity contribution in [3.63, 3.8) is 0 Å². The van der Waals surface area contributed by atoms with Crippen molar-refractivity contribution in [1.82, 2.24) is 5.32 Å². The number of ether oxygens (including phenoxy) is 3. The highest BCUT2D eigenvalue weighted by molar-refractivity contribution is 6.32. The third-order valence-corrected chi connectivity index (χ3v) is 2.74. The number of methoxy groups -OCH3 is 2. The highest BCUT2D eigenvalue weighted by Crippen LogP contribution is 2.37. The molecule has 5 heteroatoms. The van der Waals surface area contributed by atoms with Gasteiger partial charge in [-0.25, -0.2) is 0 Å². The van der Waals surface area contributed by atoms with Gasteiger partial charge in [-0.05, 0) is 31.5 Å². The second-order valence-electron chi connectivity index (χ2n) is 4.45. The van der Waals surface area contributed by atoms with Crippen molar-refractivity contribution in [2.24, 2.45) is 0 Å². The molecule has 0 aliphatic heterocycles. The van der Waals surface area contributed by atoms with Gasteiger partial charge in [0.1, 0.15) is 0 Å². The van der Waals surface area contributed by atoms with Gasteiger partial charge in [-0.15, -0.1) is 0 Å². The Labute approximate surface area is 120 Å². The Morgan fingerprint density at radius 2 is 2.00 bits per heavy atom. The summed E-state index contributed by atoms with van der Waals surface area (Å²) in [5.74, 6) is 1.25. The molecule has 0 bridgehead atoms. The summed E-state index contributed by atoms with van der Waals surface area (Å²) < 4.78 is 16.0. The Hall–Kier alpha value is -0.970. The van der Waals surface area contributed by atoms with Crippen LogP contribution in [0, 0.1) is 0 Å². The summed E-state index contributed by atoms with van der Waals surface area (Å²) >= 11 is 6.24. The molecule has 0 unspecified atom stereocenters. The quantitative estimate of drug-likeness (QED) is 0.747. The maximum absolute atomic E-state index is 6.24. The molecule has 0 heterocycles. The van der Waals surface area contributed by atoms with Gasteiger partial charge in [0, 0.05) is 20.2 Å². The summed E-state index contributed by atoms with van der Waals surface area (Å²) in [6, 6.07) is 3.82. The Morgan fingerprint density at radius 1 is 1.26 bits per heavy atom. The Morgan fingerprint density at radius 3 is 2.58 bits per heavy atom. The zero-order valence-corrected chi connectivity index (χ0v) is 12.7. The van der Waals surface area contributed by atoms with Gasteiger partial charge in [-0.3, -0.25) is 0 Å². The fourth-order valence-corrected chi connectivity index (χ4v) is 1.91. The van der Waals surface area contributed by atoms with E-state index in [1.165, 1.54) is 0 Å². The molecule has 0 saturated heterocycles. The zero-order valence-electron chi connectivity index (χ0n) is 12.0. The molecule has 1 aromatic rings. The van der Waals surface area contributed by atoms with Crippen molar-refractivity contribution < 1.29 is 14.2 Å². The van der Waals surface area contributed by atoms with Crippen molar-refractivity contribution in [3.8, 4) is 11.5 Å². The molecule has 0 atom stereocenters. The van der Waals surface area contributed by atoms with Crippen LogP contribution in [0.4, 0.5) is 0 Å². The second-order valence-corrected chi connectivity index (χ2v) is 4.85. The highest BCUT2D eigenvalue weighted by Gasteiger charge is 2.13. The molecule has 108 valence electrons. The van der Waals surface area contributed by atoms with Gasteiger partial charge in [-0.1, -0.05) is 11.6 Å². The van der Waals surface area contributed by atoms with Gasteiger partial charge in [-0.2, -0.15) is 0 Å². The van der Waals surface area contributed by atoms with Crippen LogP contribution in [-0.2, 0) is 11.3 Å². The molecular weight excluding hydrogens is 266 g/mol. The minimum Gasteiger partial charge on any atom is -0.493 e. The van der Waals surface area contributed by atoms with E-state index < -0.39 is 0 Å². The van der Waals surface area contributed by atoms with Gasteiger partial charge < -0.3 is 19.5 Å². The molecule has 0 saturated carbocycles. The third kappa shape index (κ3) is 5.27. The average molecular weight is 288 g/mol. The largest absolute Gasteiger partial charge is 0.493 e. The van der Waals surface area contributed by atoms with Crippen LogP contribution >= 0.6 is 11.6 Å². The number of nitrogens with one attached hydrogen (secondary N) is 1. The summed E-state index contributed by atoms with van der Waals surface area (Å²) in [6.07, 6.45) is 0.0528. The van der Waals surface area contributed by atoms with E-state index in [-0.39, 0.29) is 6.10 Å². The third-order valence-electron chi connectivity index (χ3n) is 2.45. The molecule has 1 aromatic carbocycles.